The summed E-state index contributed by atoms with van der Waals surface area (Å²) in [5.74, 6) is -0.515. The van der Waals surface area contributed by atoms with Gasteiger partial charge in [0.05, 0.1) is 5.52 Å². The van der Waals surface area contributed by atoms with Crippen LogP contribution in [-0.4, -0.2) is 9.78 Å². The third-order valence-corrected chi connectivity index (χ3v) is 3.64. The van der Waals surface area contributed by atoms with Gasteiger partial charge in [-0.05, 0) is 34.7 Å². The Morgan fingerprint density at radius 2 is 1.86 bits per heavy atom. The molecular weight excluding hydrogens is 270 g/mol. The molecule has 1 heterocycles. The van der Waals surface area contributed by atoms with Gasteiger partial charge in [-0.1, -0.05) is 26.0 Å². The van der Waals surface area contributed by atoms with E-state index in [1.165, 1.54) is 18.2 Å². The second-order valence-corrected chi connectivity index (χ2v) is 5.58. The number of aromatic nitrogens is 2. The van der Waals surface area contributed by atoms with Gasteiger partial charge < -0.3 is 0 Å². The molecule has 0 fully saturated rings. The number of hydrogen-bond acceptors (Lipinski definition) is 1. The molecule has 3 aromatic rings. The zero-order valence-corrected chi connectivity index (χ0v) is 12.2. The van der Waals surface area contributed by atoms with Crippen molar-refractivity contribution in [3.05, 3.63) is 53.7 Å². The van der Waals surface area contributed by atoms with Gasteiger partial charge in [0.2, 0.25) is 0 Å². The summed E-state index contributed by atoms with van der Waals surface area (Å²) in [4.78, 5) is 0. The highest BCUT2D eigenvalue weighted by atomic mass is 19.1. The van der Waals surface area contributed by atoms with E-state index in [-0.39, 0.29) is 17.6 Å². The maximum absolute atomic E-state index is 14.2. The van der Waals surface area contributed by atoms with Crippen molar-refractivity contribution in [1.82, 2.24) is 9.78 Å². The maximum atomic E-state index is 14.2. The molecule has 0 aliphatic rings. The number of aryl methyl sites for hydroxylation is 1. The average molecular weight is 286 g/mol. The molecule has 3 rings (SSSR count). The zero-order valence-electron chi connectivity index (χ0n) is 12.2. The predicted molar refractivity (Wildman–Crippen MR) is 80.2 cm³/mol. The fourth-order valence-corrected chi connectivity index (χ4v) is 2.61. The summed E-state index contributed by atoms with van der Waals surface area (Å²) in [6.07, 6.45) is 1.82. The normalized spacial score (nSPS) is 11.5. The molecule has 0 aliphatic carbocycles. The van der Waals surface area contributed by atoms with E-state index in [0.29, 0.717) is 22.2 Å². The summed E-state index contributed by atoms with van der Waals surface area (Å²) in [7, 11) is 1.78. The molecule has 0 atom stereocenters. The lowest BCUT2D eigenvalue weighted by Crippen LogP contribution is -1.93. The molecule has 0 spiro atoms. The summed E-state index contributed by atoms with van der Waals surface area (Å²) in [5.41, 5.74) is 2.56. The first kappa shape index (κ1) is 13.7. The maximum Gasteiger partial charge on any atom is 0.127 e. The van der Waals surface area contributed by atoms with Crippen LogP contribution < -0.4 is 0 Å². The Morgan fingerprint density at radius 1 is 1.10 bits per heavy atom. The molecule has 0 bridgehead atoms. The van der Waals surface area contributed by atoms with E-state index in [9.17, 15) is 8.78 Å². The molecular formula is C17H16F2N2. The highest BCUT2D eigenvalue weighted by Crippen LogP contribution is 2.31. The summed E-state index contributed by atoms with van der Waals surface area (Å²) < 4.78 is 29.6. The van der Waals surface area contributed by atoms with Gasteiger partial charge in [-0.2, -0.15) is 5.10 Å². The summed E-state index contributed by atoms with van der Waals surface area (Å²) >= 11 is 0. The molecule has 108 valence electrons. The Hall–Kier alpha value is -2.23. The number of nitrogens with zero attached hydrogens (tertiary/aromatic N) is 2. The van der Waals surface area contributed by atoms with Gasteiger partial charge in [-0.15, -0.1) is 0 Å². The lowest BCUT2D eigenvalue weighted by Gasteiger charge is -2.10. The van der Waals surface area contributed by atoms with Crippen molar-refractivity contribution in [2.75, 3.05) is 0 Å². The van der Waals surface area contributed by atoms with Crippen LogP contribution in [0.15, 0.2) is 36.5 Å². The first-order valence-electron chi connectivity index (χ1n) is 6.88. The minimum atomic E-state index is -0.371. The Labute approximate surface area is 122 Å². The molecule has 0 aliphatic heterocycles. The number of halogens is 2. The third-order valence-electron chi connectivity index (χ3n) is 3.64. The SMILES string of the molecule is CC(C)c1ccc(-c2cc(F)cc3nn(C)cc23)cc1F. The van der Waals surface area contributed by atoms with Gasteiger partial charge in [0.1, 0.15) is 11.6 Å². The van der Waals surface area contributed by atoms with Crippen molar-refractivity contribution in [3.63, 3.8) is 0 Å². The fourth-order valence-electron chi connectivity index (χ4n) is 2.61. The van der Waals surface area contributed by atoms with E-state index in [0.717, 1.165) is 5.39 Å². The highest BCUT2D eigenvalue weighted by Gasteiger charge is 2.13. The molecule has 0 N–H and O–H groups in total. The van der Waals surface area contributed by atoms with Crippen molar-refractivity contribution < 1.29 is 8.78 Å². The van der Waals surface area contributed by atoms with Gasteiger partial charge in [0, 0.05) is 24.7 Å². The molecule has 0 radical (unpaired) electrons. The molecule has 0 unspecified atom stereocenters. The summed E-state index contributed by atoms with van der Waals surface area (Å²) in [6, 6.07) is 7.88. The second kappa shape index (κ2) is 4.95. The highest BCUT2D eigenvalue weighted by molar-refractivity contribution is 5.94. The van der Waals surface area contributed by atoms with Crippen LogP contribution in [0.3, 0.4) is 0 Å². The third kappa shape index (κ3) is 2.42. The lowest BCUT2D eigenvalue weighted by molar-refractivity contribution is 0.599. The molecule has 0 amide bonds. The monoisotopic (exact) mass is 286 g/mol. The van der Waals surface area contributed by atoms with Crippen molar-refractivity contribution in [1.29, 1.82) is 0 Å². The summed E-state index contributed by atoms with van der Waals surface area (Å²) in [5, 5.41) is 5.03. The lowest BCUT2D eigenvalue weighted by atomic mass is 9.96. The van der Waals surface area contributed by atoms with Gasteiger partial charge >= 0.3 is 0 Å². The first-order chi connectivity index (χ1) is 9.95. The Morgan fingerprint density at radius 3 is 2.52 bits per heavy atom. The number of benzene rings is 2. The van der Waals surface area contributed by atoms with Crippen LogP contribution in [0.1, 0.15) is 25.3 Å². The van der Waals surface area contributed by atoms with Crippen LogP contribution in [0.4, 0.5) is 8.78 Å². The van der Waals surface area contributed by atoms with Crippen molar-refractivity contribution in [2.24, 2.45) is 7.05 Å². The van der Waals surface area contributed by atoms with E-state index in [1.54, 1.807) is 17.8 Å². The van der Waals surface area contributed by atoms with E-state index >= 15 is 0 Å². The molecule has 21 heavy (non-hydrogen) atoms. The van der Waals surface area contributed by atoms with Crippen LogP contribution in [0, 0.1) is 11.6 Å². The van der Waals surface area contributed by atoms with Crippen LogP contribution in [0.2, 0.25) is 0 Å². The van der Waals surface area contributed by atoms with Gasteiger partial charge in [-0.3, -0.25) is 4.68 Å². The van der Waals surface area contributed by atoms with Crippen molar-refractivity contribution in [3.8, 4) is 11.1 Å². The number of fused-ring (bicyclic) bond motifs is 1. The number of hydrogen-bond donors (Lipinski definition) is 0. The fraction of sp³-hybridized carbons (Fsp3) is 0.235. The van der Waals surface area contributed by atoms with E-state index in [2.05, 4.69) is 5.10 Å². The standard InChI is InChI=1S/C17H16F2N2/c1-10(2)13-5-4-11(6-16(13)19)14-7-12(18)8-17-15(14)9-21(3)20-17/h4-10H,1-3H3. The summed E-state index contributed by atoms with van der Waals surface area (Å²) in [6.45, 7) is 3.89. The molecule has 1 aromatic heterocycles. The quantitative estimate of drug-likeness (QED) is 0.671. The molecule has 2 nitrogen and oxygen atoms in total. The Bertz CT molecular complexity index is 819. The predicted octanol–water partition coefficient (Wildman–Crippen LogP) is 4.64. The van der Waals surface area contributed by atoms with Gasteiger partial charge in [0.25, 0.3) is 0 Å². The largest absolute Gasteiger partial charge is 0.275 e. The first-order valence-corrected chi connectivity index (χ1v) is 6.88. The van der Waals surface area contributed by atoms with Crippen LogP contribution in [-0.2, 0) is 7.05 Å². The minimum Gasteiger partial charge on any atom is -0.275 e. The smallest absolute Gasteiger partial charge is 0.127 e. The minimum absolute atomic E-state index is 0.116. The van der Waals surface area contributed by atoms with Crippen molar-refractivity contribution >= 4 is 10.9 Å². The van der Waals surface area contributed by atoms with Crippen LogP contribution >= 0.6 is 0 Å². The van der Waals surface area contributed by atoms with Crippen molar-refractivity contribution in [2.45, 2.75) is 19.8 Å². The molecule has 0 saturated heterocycles. The average Bonchev–Trinajstić information content (AvgIpc) is 2.77. The zero-order chi connectivity index (χ0) is 15.1. The van der Waals surface area contributed by atoms with Gasteiger partial charge in [0.15, 0.2) is 0 Å². The van der Waals surface area contributed by atoms with Gasteiger partial charge in [-0.25, -0.2) is 8.78 Å². The molecule has 2 aromatic carbocycles. The Kier molecular flexibility index (Phi) is 3.24. The van der Waals surface area contributed by atoms with E-state index < -0.39 is 0 Å². The Balaban J connectivity index is 2.22. The number of rotatable bonds is 2. The van der Waals surface area contributed by atoms with Crippen LogP contribution in [0.5, 0.6) is 0 Å². The van der Waals surface area contributed by atoms with E-state index in [1.807, 2.05) is 26.1 Å². The second-order valence-electron chi connectivity index (χ2n) is 5.58. The van der Waals surface area contributed by atoms with Crippen LogP contribution in [0.25, 0.3) is 22.0 Å². The molecule has 4 heteroatoms. The molecule has 0 saturated carbocycles. The van der Waals surface area contributed by atoms with E-state index in [4.69, 9.17) is 0 Å². The topological polar surface area (TPSA) is 17.8 Å².